The fourth-order valence-corrected chi connectivity index (χ4v) is 7.98. The predicted octanol–water partition coefficient (Wildman–Crippen LogP) is 11.2. The standard InChI is InChI=1S/C40H60NP/c1-3-5-7-9-11-13-15-18-26-37-28-22-30-39(34-37)42(41-33-32-36-24-20-17-21-25-36)40-31-23-29-38(35-40)27-19-16-14-12-10-8-6-4-2/h17,20-25,28-31,34-35,41H,3-16,18-19,26-27,32-33H2,1-2H3. The number of hydrogen-bond acceptors (Lipinski definition) is 1. The minimum Gasteiger partial charge on any atom is -0.288 e. The third-order valence-electron chi connectivity index (χ3n) is 8.50. The van der Waals surface area contributed by atoms with Gasteiger partial charge in [-0.25, -0.2) is 0 Å². The summed E-state index contributed by atoms with van der Waals surface area (Å²) in [5.41, 5.74) is 4.42. The molecule has 0 spiro atoms. The first-order valence-corrected chi connectivity index (χ1v) is 18.9. The zero-order valence-electron chi connectivity index (χ0n) is 27.1. The highest BCUT2D eigenvalue weighted by Crippen LogP contribution is 2.30. The fourth-order valence-electron chi connectivity index (χ4n) is 5.92. The number of nitrogens with one attached hydrogen (secondary N) is 1. The van der Waals surface area contributed by atoms with E-state index in [2.05, 4.69) is 97.8 Å². The highest BCUT2D eigenvalue weighted by Gasteiger charge is 2.15. The molecule has 0 fully saturated rings. The van der Waals surface area contributed by atoms with Crippen LogP contribution in [0, 0.1) is 0 Å². The molecular formula is C40H60NP. The lowest BCUT2D eigenvalue weighted by Crippen LogP contribution is -2.25. The maximum Gasteiger partial charge on any atom is 0.0253 e. The highest BCUT2D eigenvalue weighted by molar-refractivity contribution is 7.71. The summed E-state index contributed by atoms with van der Waals surface area (Å²) < 4.78 is 0. The van der Waals surface area contributed by atoms with Gasteiger partial charge in [0.05, 0.1) is 0 Å². The Morgan fingerprint density at radius 1 is 0.429 bits per heavy atom. The molecule has 0 atom stereocenters. The molecule has 0 aliphatic rings. The van der Waals surface area contributed by atoms with Gasteiger partial charge in [-0.15, -0.1) is 0 Å². The predicted molar refractivity (Wildman–Crippen MR) is 190 cm³/mol. The molecule has 0 aromatic heterocycles. The van der Waals surface area contributed by atoms with Gasteiger partial charge in [0.15, 0.2) is 0 Å². The molecule has 230 valence electrons. The van der Waals surface area contributed by atoms with Crippen molar-refractivity contribution in [3.63, 3.8) is 0 Å². The van der Waals surface area contributed by atoms with Crippen molar-refractivity contribution in [1.82, 2.24) is 5.09 Å². The molecule has 0 aliphatic heterocycles. The topological polar surface area (TPSA) is 12.0 Å². The van der Waals surface area contributed by atoms with Crippen molar-refractivity contribution in [1.29, 1.82) is 0 Å². The molecule has 0 radical (unpaired) electrons. The van der Waals surface area contributed by atoms with Crippen molar-refractivity contribution in [2.45, 2.75) is 136 Å². The van der Waals surface area contributed by atoms with Crippen molar-refractivity contribution >= 4 is 18.7 Å². The third kappa shape index (κ3) is 14.5. The van der Waals surface area contributed by atoms with E-state index in [4.69, 9.17) is 0 Å². The molecule has 1 N–H and O–H groups in total. The van der Waals surface area contributed by atoms with Gasteiger partial charge in [-0.2, -0.15) is 0 Å². The van der Waals surface area contributed by atoms with Crippen molar-refractivity contribution in [3.05, 3.63) is 95.6 Å². The second-order valence-corrected chi connectivity index (χ2v) is 14.3. The number of rotatable bonds is 24. The number of aryl methyl sites for hydroxylation is 2. The molecule has 3 aromatic rings. The molecule has 0 bridgehead atoms. The number of benzene rings is 3. The first kappa shape index (κ1) is 34.5. The van der Waals surface area contributed by atoms with Gasteiger partial charge in [0.2, 0.25) is 0 Å². The highest BCUT2D eigenvalue weighted by atomic mass is 31.1. The Morgan fingerprint density at radius 2 is 0.857 bits per heavy atom. The Kier molecular flexibility index (Phi) is 18.6. The average Bonchev–Trinajstić information content (AvgIpc) is 3.03. The van der Waals surface area contributed by atoms with Gasteiger partial charge in [-0.1, -0.05) is 170 Å². The van der Waals surface area contributed by atoms with Gasteiger partial charge in [0, 0.05) is 14.6 Å². The van der Waals surface area contributed by atoms with E-state index in [0.717, 1.165) is 13.0 Å². The molecule has 3 aromatic carbocycles. The van der Waals surface area contributed by atoms with Crippen molar-refractivity contribution < 1.29 is 0 Å². The van der Waals surface area contributed by atoms with Crippen molar-refractivity contribution in [3.8, 4) is 0 Å². The normalized spacial score (nSPS) is 11.4. The Balaban J connectivity index is 1.58. The largest absolute Gasteiger partial charge is 0.288 e. The third-order valence-corrected chi connectivity index (χ3v) is 10.6. The van der Waals surface area contributed by atoms with Gasteiger partial charge in [-0.3, -0.25) is 5.09 Å². The number of hydrogen-bond donors (Lipinski definition) is 1. The van der Waals surface area contributed by atoms with Crippen LogP contribution < -0.4 is 15.7 Å². The molecule has 2 heteroatoms. The van der Waals surface area contributed by atoms with Gasteiger partial charge in [-0.05, 0) is 71.5 Å². The fraction of sp³-hybridized carbons (Fsp3) is 0.550. The van der Waals surface area contributed by atoms with Crippen LogP contribution in [0.15, 0.2) is 78.9 Å². The van der Waals surface area contributed by atoms with E-state index < -0.39 is 8.07 Å². The summed E-state index contributed by atoms with van der Waals surface area (Å²) in [6, 6.07) is 30.0. The molecule has 1 nitrogen and oxygen atoms in total. The second-order valence-electron chi connectivity index (χ2n) is 12.3. The van der Waals surface area contributed by atoms with Crippen LogP contribution >= 0.6 is 8.07 Å². The maximum atomic E-state index is 4.02. The van der Waals surface area contributed by atoms with E-state index in [1.165, 1.54) is 143 Å². The summed E-state index contributed by atoms with van der Waals surface area (Å²) in [5, 5.41) is 6.96. The Hall–Kier alpha value is -1.95. The first-order chi connectivity index (χ1) is 20.8. The van der Waals surface area contributed by atoms with Crippen LogP contribution in [-0.4, -0.2) is 6.54 Å². The van der Waals surface area contributed by atoms with Crippen LogP contribution in [-0.2, 0) is 19.3 Å². The van der Waals surface area contributed by atoms with Crippen LogP contribution in [0.5, 0.6) is 0 Å². The first-order valence-electron chi connectivity index (χ1n) is 17.6. The summed E-state index contributed by atoms with van der Waals surface area (Å²) >= 11 is 0. The molecule has 0 amide bonds. The lowest BCUT2D eigenvalue weighted by molar-refractivity contribution is 0.575. The minimum absolute atomic E-state index is 0.590. The van der Waals surface area contributed by atoms with Crippen LogP contribution in [0.1, 0.15) is 133 Å². The van der Waals surface area contributed by atoms with E-state index in [-0.39, 0.29) is 0 Å². The van der Waals surface area contributed by atoms with Crippen LogP contribution in [0.25, 0.3) is 0 Å². The molecule has 3 rings (SSSR count). The second kappa shape index (κ2) is 22.6. The van der Waals surface area contributed by atoms with Gasteiger partial charge in [0.25, 0.3) is 0 Å². The zero-order chi connectivity index (χ0) is 29.5. The van der Waals surface area contributed by atoms with Gasteiger partial charge >= 0.3 is 0 Å². The van der Waals surface area contributed by atoms with E-state index in [1.807, 2.05) is 0 Å². The Bertz CT molecular complexity index is 998. The summed E-state index contributed by atoms with van der Waals surface area (Å²) in [7, 11) is -0.590. The number of unbranched alkanes of at least 4 members (excludes halogenated alkanes) is 14. The van der Waals surface area contributed by atoms with Crippen molar-refractivity contribution in [2.75, 3.05) is 6.54 Å². The van der Waals surface area contributed by atoms with Crippen molar-refractivity contribution in [2.24, 2.45) is 0 Å². The summed E-state index contributed by atoms with van der Waals surface area (Å²) in [6.07, 6.45) is 25.6. The van der Waals surface area contributed by atoms with Gasteiger partial charge < -0.3 is 0 Å². The van der Waals surface area contributed by atoms with Crippen LogP contribution in [0.3, 0.4) is 0 Å². The maximum absolute atomic E-state index is 4.02. The summed E-state index contributed by atoms with van der Waals surface area (Å²) in [6.45, 7) is 5.60. The quantitative estimate of drug-likeness (QED) is 0.0814. The Morgan fingerprint density at radius 3 is 1.33 bits per heavy atom. The van der Waals surface area contributed by atoms with E-state index in [0.29, 0.717) is 0 Å². The lowest BCUT2D eigenvalue weighted by atomic mass is 10.0. The van der Waals surface area contributed by atoms with Crippen LogP contribution in [0.2, 0.25) is 0 Å². The molecule has 0 saturated heterocycles. The van der Waals surface area contributed by atoms with E-state index in [9.17, 15) is 0 Å². The Labute approximate surface area is 261 Å². The van der Waals surface area contributed by atoms with E-state index >= 15 is 0 Å². The molecule has 0 saturated carbocycles. The summed E-state index contributed by atoms with van der Waals surface area (Å²) in [4.78, 5) is 0. The minimum atomic E-state index is -0.590. The van der Waals surface area contributed by atoms with E-state index in [1.54, 1.807) is 0 Å². The molecule has 0 unspecified atom stereocenters. The smallest absolute Gasteiger partial charge is 0.0253 e. The molecule has 0 aliphatic carbocycles. The van der Waals surface area contributed by atoms with Gasteiger partial charge in [0.1, 0.15) is 0 Å². The zero-order valence-corrected chi connectivity index (χ0v) is 28.0. The molecule has 0 heterocycles. The average molecular weight is 586 g/mol. The molecular weight excluding hydrogens is 525 g/mol. The van der Waals surface area contributed by atoms with Crippen LogP contribution in [0.4, 0.5) is 0 Å². The SMILES string of the molecule is CCCCCCCCCCc1cccc(P(NCCc2ccccc2)c2cccc(CCCCCCCCCC)c2)c1. The summed E-state index contributed by atoms with van der Waals surface area (Å²) in [5.74, 6) is 0. The molecule has 42 heavy (non-hydrogen) atoms. The lowest BCUT2D eigenvalue weighted by Gasteiger charge is -2.21. The monoisotopic (exact) mass is 585 g/mol.